The van der Waals surface area contributed by atoms with Gasteiger partial charge in [0.2, 0.25) is 5.91 Å². The molecule has 0 unspecified atom stereocenters. The van der Waals surface area contributed by atoms with Gasteiger partial charge in [0, 0.05) is 39.1 Å². The minimum Gasteiger partial charge on any atom is -0.357 e. The van der Waals surface area contributed by atoms with Gasteiger partial charge in [-0.3, -0.25) is 9.79 Å². The van der Waals surface area contributed by atoms with Crippen LogP contribution in [0.15, 0.2) is 4.99 Å². The van der Waals surface area contributed by atoms with Crippen molar-refractivity contribution in [3.8, 4) is 0 Å². The SMILES string of the molecule is CCCCCN=C(NCC)NCCC(=O)N1CCCC1.I. The van der Waals surface area contributed by atoms with Crippen LogP contribution in [0, 0.1) is 0 Å². The second-order valence-corrected chi connectivity index (χ2v) is 5.23. The Bertz CT molecular complexity index is 304. The van der Waals surface area contributed by atoms with Crippen LogP contribution in [-0.2, 0) is 4.79 Å². The van der Waals surface area contributed by atoms with E-state index in [1.807, 2.05) is 4.90 Å². The normalized spacial score (nSPS) is 14.8. The number of guanidine groups is 1. The number of nitrogens with zero attached hydrogens (tertiary/aromatic N) is 2. The lowest BCUT2D eigenvalue weighted by molar-refractivity contribution is -0.129. The number of unbranched alkanes of at least 4 members (excludes halogenated alkanes) is 2. The molecule has 0 aromatic heterocycles. The number of rotatable bonds is 8. The molecule has 2 N–H and O–H groups in total. The Morgan fingerprint density at radius 1 is 1.14 bits per heavy atom. The predicted molar refractivity (Wildman–Crippen MR) is 99.4 cm³/mol. The number of carbonyl (C=O) groups excluding carboxylic acids is 1. The van der Waals surface area contributed by atoms with Crippen LogP contribution in [0.4, 0.5) is 0 Å². The summed E-state index contributed by atoms with van der Waals surface area (Å²) in [5, 5.41) is 6.46. The van der Waals surface area contributed by atoms with Crippen LogP contribution < -0.4 is 10.6 Å². The summed E-state index contributed by atoms with van der Waals surface area (Å²) in [6.45, 7) is 8.47. The quantitative estimate of drug-likeness (QED) is 0.280. The molecule has 1 fully saturated rings. The van der Waals surface area contributed by atoms with E-state index in [4.69, 9.17) is 0 Å². The minimum atomic E-state index is 0. The number of nitrogens with one attached hydrogen (secondary N) is 2. The number of hydrogen-bond donors (Lipinski definition) is 2. The topological polar surface area (TPSA) is 56.7 Å². The molecule has 6 heteroatoms. The molecule has 0 radical (unpaired) electrons. The van der Waals surface area contributed by atoms with Crippen LogP contribution in [0.3, 0.4) is 0 Å². The van der Waals surface area contributed by atoms with Gasteiger partial charge in [0.25, 0.3) is 0 Å². The van der Waals surface area contributed by atoms with Crippen LogP contribution in [-0.4, -0.2) is 49.5 Å². The average molecular weight is 410 g/mol. The molecule has 1 aliphatic heterocycles. The number of hydrogen-bond acceptors (Lipinski definition) is 2. The van der Waals surface area contributed by atoms with Gasteiger partial charge in [-0.2, -0.15) is 0 Å². The third kappa shape index (κ3) is 9.16. The predicted octanol–water partition coefficient (Wildman–Crippen LogP) is 2.36. The van der Waals surface area contributed by atoms with Crippen molar-refractivity contribution in [3.05, 3.63) is 0 Å². The third-order valence-electron chi connectivity index (χ3n) is 3.47. The van der Waals surface area contributed by atoms with Crippen molar-refractivity contribution in [2.75, 3.05) is 32.7 Å². The smallest absolute Gasteiger partial charge is 0.224 e. The number of amides is 1. The molecule has 0 saturated carbocycles. The molecule has 0 spiro atoms. The largest absolute Gasteiger partial charge is 0.357 e. The number of likely N-dealkylation sites (tertiary alicyclic amines) is 1. The van der Waals surface area contributed by atoms with Crippen LogP contribution in [0.25, 0.3) is 0 Å². The first-order valence-corrected chi connectivity index (χ1v) is 8.07. The summed E-state index contributed by atoms with van der Waals surface area (Å²) >= 11 is 0. The molecule has 0 aromatic carbocycles. The van der Waals surface area contributed by atoms with Crippen molar-refractivity contribution in [1.29, 1.82) is 0 Å². The van der Waals surface area contributed by atoms with Crippen molar-refractivity contribution < 1.29 is 4.79 Å². The fourth-order valence-electron chi connectivity index (χ4n) is 2.31. The van der Waals surface area contributed by atoms with Gasteiger partial charge in [-0.25, -0.2) is 0 Å². The summed E-state index contributed by atoms with van der Waals surface area (Å²) in [7, 11) is 0. The first-order chi connectivity index (χ1) is 9.77. The zero-order valence-electron chi connectivity index (χ0n) is 13.5. The maximum absolute atomic E-state index is 11.9. The summed E-state index contributed by atoms with van der Waals surface area (Å²) in [5.41, 5.74) is 0. The molecule has 1 heterocycles. The number of halogens is 1. The van der Waals surface area contributed by atoms with Gasteiger partial charge >= 0.3 is 0 Å². The molecular weight excluding hydrogens is 379 g/mol. The number of carbonyl (C=O) groups is 1. The van der Waals surface area contributed by atoms with Crippen LogP contribution in [0.5, 0.6) is 0 Å². The van der Waals surface area contributed by atoms with Crippen molar-refractivity contribution in [1.82, 2.24) is 15.5 Å². The highest BCUT2D eigenvalue weighted by atomic mass is 127. The van der Waals surface area contributed by atoms with E-state index in [0.29, 0.717) is 13.0 Å². The Kier molecular flexibility index (Phi) is 12.8. The van der Waals surface area contributed by atoms with E-state index in [-0.39, 0.29) is 29.9 Å². The molecule has 5 nitrogen and oxygen atoms in total. The summed E-state index contributed by atoms with van der Waals surface area (Å²) in [4.78, 5) is 18.4. The molecule has 1 aliphatic rings. The molecule has 0 aromatic rings. The second kappa shape index (κ2) is 13.2. The molecule has 0 bridgehead atoms. The maximum Gasteiger partial charge on any atom is 0.224 e. The fraction of sp³-hybridized carbons (Fsp3) is 0.867. The van der Waals surface area contributed by atoms with Crippen LogP contribution >= 0.6 is 24.0 Å². The molecule has 21 heavy (non-hydrogen) atoms. The van der Waals surface area contributed by atoms with Crippen LogP contribution in [0.1, 0.15) is 52.4 Å². The third-order valence-corrected chi connectivity index (χ3v) is 3.47. The first kappa shape index (κ1) is 20.5. The Hall–Kier alpha value is -0.530. The molecular formula is C15H31IN4O. The maximum atomic E-state index is 11.9. The summed E-state index contributed by atoms with van der Waals surface area (Å²) in [5.74, 6) is 1.09. The molecule has 0 aliphatic carbocycles. The Labute approximate surface area is 146 Å². The van der Waals surface area contributed by atoms with E-state index >= 15 is 0 Å². The van der Waals surface area contributed by atoms with Gasteiger partial charge in [0.05, 0.1) is 0 Å². The van der Waals surface area contributed by atoms with Gasteiger partial charge < -0.3 is 15.5 Å². The molecule has 0 atom stereocenters. The van der Waals surface area contributed by atoms with E-state index < -0.39 is 0 Å². The zero-order chi connectivity index (χ0) is 14.6. The highest BCUT2D eigenvalue weighted by Gasteiger charge is 2.17. The zero-order valence-corrected chi connectivity index (χ0v) is 15.8. The van der Waals surface area contributed by atoms with Crippen molar-refractivity contribution >= 4 is 35.8 Å². The first-order valence-electron chi connectivity index (χ1n) is 8.07. The lowest BCUT2D eigenvalue weighted by Gasteiger charge is -2.16. The summed E-state index contributed by atoms with van der Waals surface area (Å²) in [6.07, 6.45) is 6.42. The molecule has 124 valence electrons. The summed E-state index contributed by atoms with van der Waals surface area (Å²) < 4.78 is 0. The lowest BCUT2D eigenvalue weighted by atomic mass is 10.2. The molecule has 1 rings (SSSR count). The summed E-state index contributed by atoms with van der Waals surface area (Å²) in [6, 6.07) is 0. The number of aliphatic imine (C=N–C) groups is 1. The second-order valence-electron chi connectivity index (χ2n) is 5.23. The van der Waals surface area contributed by atoms with Crippen molar-refractivity contribution in [3.63, 3.8) is 0 Å². The van der Waals surface area contributed by atoms with Gasteiger partial charge in [-0.15, -0.1) is 24.0 Å². The van der Waals surface area contributed by atoms with E-state index in [9.17, 15) is 4.79 Å². The molecule has 1 amide bonds. The molecule has 1 saturated heterocycles. The highest BCUT2D eigenvalue weighted by molar-refractivity contribution is 14.0. The van der Waals surface area contributed by atoms with Crippen LogP contribution in [0.2, 0.25) is 0 Å². The van der Waals surface area contributed by atoms with Crippen molar-refractivity contribution in [2.24, 2.45) is 4.99 Å². The van der Waals surface area contributed by atoms with E-state index in [1.165, 1.54) is 12.8 Å². The average Bonchev–Trinajstić information content (AvgIpc) is 2.97. The van der Waals surface area contributed by atoms with Crippen molar-refractivity contribution in [2.45, 2.75) is 52.4 Å². The van der Waals surface area contributed by atoms with Gasteiger partial charge in [-0.05, 0) is 26.2 Å². The van der Waals surface area contributed by atoms with E-state index in [0.717, 1.165) is 51.4 Å². The fourth-order valence-corrected chi connectivity index (χ4v) is 2.31. The van der Waals surface area contributed by atoms with E-state index in [2.05, 4.69) is 29.5 Å². The van der Waals surface area contributed by atoms with Gasteiger partial charge in [0.1, 0.15) is 0 Å². The highest BCUT2D eigenvalue weighted by Crippen LogP contribution is 2.08. The standard InChI is InChI=1S/C15H30N4O.HI/c1-3-5-6-10-17-15(16-4-2)18-11-9-14(20)19-12-7-8-13-19;/h3-13H2,1-2H3,(H2,16,17,18);1H. The van der Waals surface area contributed by atoms with Gasteiger partial charge in [-0.1, -0.05) is 19.8 Å². The van der Waals surface area contributed by atoms with Gasteiger partial charge in [0.15, 0.2) is 5.96 Å². The van der Waals surface area contributed by atoms with E-state index in [1.54, 1.807) is 0 Å². The monoisotopic (exact) mass is 410 g/mol. The Morgan fingerprint density at radius 3 is 2.48 bits per heavy atom. The Morgan fingerprint density at radius 2 is 1.86 bits per heavy atom. The Balaban J connectivity index is 0.00000400. The minimum absolute atomic E-state index is 0. The lowest BCUT2D eigenvalue weighted by Crippen LogP contribution is -2.39.